The number of aromatic carboxylic acids is 1. The number of hydrogen-bond donors (Lipinski definition) is 2. The fraction of sp³-hybridized carbons (Fsp3) is 0.143. The molecule has 74 valence electrons. The topological polar surface area (TPSA) is 92.2 Å². The minimum atomic E-state index is -1.30. The zero-order valence-electron chi connectivity index (χ0n) is 7.11. The first-order chi connectivity index (χ1) is 6.50. The molecule has 1 heterocycles. The van der Waals surface area contributed by atoms with E-state index in [1.54, 1.807) is 0 Å². The molecule has 0 radical (unpaired) electrons. The van der Waals surface area contributed by atoms with Gasteiger partial charge in [0.15, 0.2) is 11.5 Å². The van der Waals surface area contributed by atoms with Gasteiger partial charge < -0.3 is 10.4 Å². The molecule has 7 heteroatoms. The molecule has 0 aliphatic heterocycles. The van der Waals surface area contributed by atoms with Gasteiger partial charge in [-0.25, -0.2) is 14.8 Å². The summed E-state index contributed by atoms with van der Waals surface area (Å²) in [6, 6.07) is 0. The largest absolute Gasteiger partial charge is 0.476 e. The lowest BCUT2D eigenvalue weighted by atomic mass is 10.4. The van der Waals surface area contributed by atoms with Crippen LogP contribution in [-0.4, -0.2) is 27.0 Å². The van der Waals surface area contributed by atoms with Crippen molar-refractivity contribution in [3.8, 4) is 0 Å². The summed E-state index contributed by atoms with van der Waals surface area (Å²) < 4.78 is 0. The lowest BCUT2D eigenvalue weighted by Crippen LogP contribution is -2.14. The molecule has 0 aromatic carbocycles. The summed E-state index contributed by atoms with van der Waals surface area (Å²) in [4.78, 5) is 28.5. The Morgan fingerprint density at radius 1 is 1.57 bits per heavy atom. The van der Waals surface area contributed by atoms with E-state index in [1.165, 1.54) is 6.92 Å². The van der Waals surface area contributed by atoms with Gasteiger partial charge in [-0.15, -0.1) is 0 Å². The van der Waals surface area contributed by atoms with Crippen LogP contribution in [0.25, 0.3) is 0 Å². The molecular formula is C7H6ClN3O3. The van der Waals surface area contributed by atoms with E-state index in [0.29, 0.717) is 0 Å². The third kappa shape index (κ3) is 2.40. The third-order valence-corrected chi connectivity index (χ3v) is 1.42. The van der Waals surface area contributed by atoms with Crippen molar-refractivity contribution < 1.29 is 14.7 Å². The predicted molar refractivity (Wildman–Crippen MR) is 48.3 cm³/mol. The van der Waals surface area contributed by atoms with Gasteiger partial charge in [0.2, 0.25) is 5.91 Å². The summed E-state index contributed by atoms with van der Waals surface area (Å²) in [5.74, 6) is -1.85. The summed E-state index contributed by atoms with van der Waals surface area (Å²) in [7, 11) is 0. The lowest BCUT2D eigenvalue weighted by Gasteiger charge is -2.03. The number of anilines is 1. The predicted octanol–water partition coefficient (Wildman–Crippen LogP) is 0.787. The Morgan fingerprint density at radius 3 is 2.71 bits per heavy atom. The van der Waals surface area contributed by atoms with Crippen LogP contribution < -0.4 is 5.32 Å². The highest BCUT2D eigenvalue weighted by atomic mass is 35.5. The first-order valence-electron chi connectivity index (χ1n) is 3.54. The zero-order chi connectivity index (χ0) is 10.7. The molecule has 1 aromatic heterocycles. The van der Waals surface area contributed by atoms with Gasteiger partial charge in [0, 0.05) is 6.92 Å². The van der Waals surface area contributed by atoms with Crippen molar-refractivity contribution in [1.29, 1.82) is 0 Å². The summed E-state index contributed by atoms with van der Waals surface area (Å²) >= 11 is 5.45. The Morgan fingerprint density at radius 2 is 2.21 bits per heavy atom. The third-order valence-electron chi connectivity index (χ3n) is 1.24. The average Bonchev–Trinajstić information content (AvgIpc) is 2.07. The van der Waals surface area contributed by atoms with Crippen LogP contribution >= 0.6 is 11.6 Å². The van der Waals surface area contributed by atoms with E-state index >= 15 is 0 Å². The summed E-state index contributed by atoms with van der Waals surface area (Å²) in [5.41, 5.74) is -0.382. The lowest BCUT2D eigenvalue weighted by molar-refractivity contribution is -0.114. The molecule has 6 nitrogen and oxygen atoms in total. The maximum Gasteiger partial charge on any atom is 0.358 e. The van der Waals surface area contributed by atoms with Crippen LogP contribution in [-0.2, 0) is 4.79 Å². The highest BCUT2D eigenvalue weighted by molar-refractivity contribution is 6.29. The molecule has 0 fully saturated rings. The number of halogens is 1. The smallest absolute Gasteiger partial charge is 0.358 e. The van der Waals surface area contributed by atoms with Gasteiger partial charge in [-0.1, -0.05) is 11.6 Å². The maximum atomic E-state index is 10.7. The number of carbonyl (C=O) groups is 2. The van der Waals surface area contributed by atoms with E-state index in [4.69, 9.17) is 16.7 Å². The number of nitrogens with one attached hydrogen (secondary N) is 1. The monoisotopic (exact) mass is 215 g/mol. The van der Waals surface area contributed by atoms with Crippen molar-refractivity contribution in [2.75, 3.05) is 5.32 Å². The zero-order valence-corrected chi connectivity index (χ0v) is 7.87. The first kappa shape index (κ1) is 10.4. The normalized spacial score (nSPS) is 9.57. The number of rotatable bonds is 2. The van der Waals surface area contributed by atoms with Crippen molar-refractivity contribution in [2.24, 2.45) is 0 Å². The van der Waals surface area contributed by atoms with Crippen LogP contribution in [0, 0.1) is 0 Å². The fourth-order valence-corrected chi connectivity index (χ4v) is 0.908. The van der Waals surface area contributed by atoms with Gasteiger partial charge in [-0.3, -0.25) is 4.79 Å². The Kier molecular flexibility index (Phi) is 2.98. The summed E-state index contributed by atoms with van der Waals surface area (Å²) in [6.45, 7) is 1.24. The molecule has 0 saturated carbocycles. The SMILES string of the molecule is CC(=O)Nc1ncc(Cl)nc1C(=O)O. The first-order valence-corrected chi connectivity index (χ1v) is 3.92. The van der Waals surface area contributed by atoms with Gasteiger partial charge in [0.25, 0.3) is 0 Å². The van der Waals surface area contributed by atoms with Crippen LogP contribution in [0.4, 0.5) is 5.82 Å². The fourth-order valence-electron chi connectivity index (χ4n) is 0.775. The Bertz CT molecular complexity index is 394. The second-order valence-corrected chi connectivity index (χ2v) is 2.76. The van der Waals surface area contributed by atoms with Crippen molar-refractivity contribution >= 4 is 29.3 Å². The molecule has 1 amide bonds. The number of amides is 1. The quantitative estimate of drug-likeness (QED) is 0.761. The van der Waals surface area contributed by atoms with E-state index in [9.17, 15) is 9.59 Å². The number of carbonyl (C=O) groups excluding carboxylic acids is 1. The minimum Gasteiger partial charge on any atom is -0.476 e. The van der Waals surface area contributed by atoms with Crippen molar-refractivity contribution in [3.05, 3.63) is 17.0 Å². The number of aromatic nitrogens is 2. The molecule has 0 aliphatic carbocycles. The van der Waals surface area contributed by atoms with E-state index in [2.05, 4.69) is 15.3 Å². The van der Waals surface area contributed by atoms with Crippen molar-refractivity contribution in [1.82, 2.24) is 9.97 Å². The number of nitrogens with zero attached hydrogens (tertiary/aromatic N) is 2. The minimum absolute atomic E-state index is 0.0449. The Labute approximate surface area is 83.9 Å². The molecule has 0 atom stereocenters. The molecule has 0 unspecified atom stereocenters. The molecule has 1 aromatic rings. The second-order valence-electron chi connectivity index (χ2n) is 2.38. The van der Waals surface area contributed by atoms with Gasteiger partial charge in [0.05, 0.1) is 6.20 Å². The molecule has 0 aliphatic rings. The van der Waals surface area contributed by atoms with E-state index in [0.717, 1.165) is 6.20 Å². The maximum absolute atomic E-state index is 10.7. The molecule has 1 rings (SSSR count). The second kappa shape index (κ2) is 4.01. The average molecular weight is 216 g/mol. The van der Waals surface area contributed by atoms with Crippen LogP contribution in [0.2, 0.25) is 5.15 Å². The van der Waals surface area contributed by atoms with Crippen molar-refractivity contribution in [2.45, 2.75) is 6.92 Å². The van der Waals surface area contributed by atoms with E-state index < -0.39 is 11.9 Å². The molecule has 0 saturated heterocycles. The Hall–Kier alpha value is -1.69. The van der Waals surface area contributed by atoms with Crippen molar-refractivity contribution in [3.63, 3.8) is 0 Å². The molecular weight excluding hydrogens is 210 g/mol. The standard InChI is InChI=1S/C7H6ClN3O3/c1-3(12)10-6-5(7(13)14)11-4(8)2-9-6/h2H,1H3,(H,13,14)(H,9,10,12). The highest BCUT2D eigenvalue weighted by Crippen LogP contribution is 2.12. The number of hydrogen-bond acceptors (Lipinski definition) is 4. The van der Waals surface area contributed by atoms with Gasteiger partial charge in [-0.2, -0.15) is 0 Å². The van der Waals surface area contributed by atoms with Crippen LogP contribution in [0.1, 0.15) is 17.4 Å². The summed E-state index contributed by atoms with van der Waals surface area (Å²) in [6.07, 6.45) is 1.15. The van der Waals surface area contributed by atoms with E-state index in [-0.39, 0.29) is 16.7 Å². The van der Waals surface area contributed by atoms with Crippen LogP contribution in [0.3, 0.4) is 0 Å². The number of carboxylic acids is 1. The van der Waals surface area contributed by atoms with Gasteiger partial charge in [0.1, 0.15) is 5.15 Å². The summed E-state index contributed by atoms with van der Waals surface area (Å²) in [5, 5.41) is 10.9. The highest BCUT2D eigenvalue weighted by Gasteiger charge is 2.14. The Balaban J connectivity index is 3.14. The van der Waals surface area contributed by atoms with Crippen LogP contribution in [0.5, 0.6) is 0 Å². The number of carboxylic acid groups (broad SMARTS) is 1. The van der Waals surface area contributed by atoms with Gasteiger partial charge >= 0.3 is 5.97 Å². The molecule has 14 heavy (non-hydrogen) atoms. The van der Waals surface area contributed by atoms with Gasteiger partial charge in [-0.05, 0) is 0 Å². The van der Waals surface area contributed by atoms with E-state index in [1.807, 2.05) is 0 Å². The molecule has 0 bridgehead atoms. The molecule has 0 spiro atoms. The molecule has 2 N–H and O–H groups in total. The van der Waals surface area contributed by atoms with Crippen LogP contribution in [0.15, 0.2) is 6.20 Å².